The summed E-state index contributed by atoms with van der Waals surface area (Å²) in [5, 5.41) is 19.4. The van der Waals surface area contributed by atoms with Gasteiger partial charge in [0.2, 0.25) is 17.4 Å². The quantitative estimate of drug-likeness (QED) is 0.256. The fourth-order valence-electron chi connectivity index (χ4n) is 3.34. The average Bonchev–Trinajstić information content (AvgIpc) is 3.53. The van der Waals surface area contributed by atoms with E-state index in [1.807, 2.05) is 0 Å². The van der Waals surface area contributed by atoms with Crippen LogP contribution in [-0.2, 0) is 0 Å². The number of anilines is 1. The largest absolute Gasteiger partial charge is 0.497 e. The number of hydrazone groups is 1. The second-order valence-corrected chi connectivity index (χ2v) is 7.06. The highest BCUT2D eigenvalue weighted by atomic mass is 16.6. The molecule has 0 saturated carbocycles. The fourth-order valence-corrected chi connectivity index (χ4v) is 3.34. The molecule has 0 aliphatic carbocycles. The van der Waals surface area contributed by atoms with Gasteiger partial charge in [-0.05, 0) is 34.6 Å². The number of nitrogens with one attached hydrogen (secondary N) is 1. The van der Waals surface area contributed by atoms with Gasteiger partial charge in [0.25, 0.3) is 5.91 Å². The molecule has 1 amide bonds. The number of nitrogen functional groups attached to an aromatic ring is 1. The first-order chi connectivity index (χ1) is 17.5. The molecule has 0 saturated heterocycles. The molecule has 2 aromatic carbocycles. The van der Waals surface area contributed by atoms with Crippen LogP contribution in [0, 0.1) is 0 Å². The minimum atomic E-state index is -0.641. The van der Waals surface area contributed by atoms with Crippen molar-refractivity contribution in [3.63, 3.8) is 0 Å². The molecule has 0 unspecified atom stereocenters. The number of carbonyl (C=O) groups is 1. The minimum absolute atomic E-state index is 0.0311. The molecule has 3 N–H and O–H groups in total. The molecule has 4 rings (SSSR count). The van der Waals surface area contributed by atoms with Gasteiger partial charge in [0.05, 0.1) is 34.7 Å². The zero-order valence-electron chi connectivity index (χ0n) is 19.8. The number of carbonyl (C=O) groups excluding carboxylic acids is 1. The molecular formula is C22H22N8O6. The van der Waals surface area contributed by atoms with E-state index < -0.39 is 5.91 Å². The lowest BCUT2D eigenvalue weighted by atomic mass is 10.1. The molecule has 2 heterocycles. The highest BCUT2D eigenvalue weighted by Crippen LogP contribution is 2.37. The zero-order valence-corrected chi connectivity index (χ0v) is 19.8. The summed E-state index contributed by atoms with van der Waals surface area (Å²) < 4.78 is 27.2. The Morgan fingerprint density at radius 3 is 2.42 bits per heavy atom. The summed E-state index contributed by atoms with van der Waals surface area (Å²) in [5.74, 6) is 1.26. The maximum absolute atomic E-state index is 13.1. The van der Waals surface area contributed by atoms with E-state index in [1.54, 1.807) is 36.4 Å². The van der Waals surface area contributed by atoms with Crippen LogP contribution in [-0.4, -0.2) is 65.9 Å². The Morgan fingerprint density at radius 2 is 1.81 bits per heavy atom. The monoisotopic (exact) mass is 494 g/mol. The molecule has 0 atom stereocenters. The molecular weight excluding hydrogens is 472 g/mol. The number of hydrogen-bond donors (Lipinski definition) is 2. The van der Waals surface area contributed by atoms with Crippen molar-refractivity contribution in [1.29, 1.82) is 0 Å². The summed E-state index contributed by atoms with van der Waals surface area (Å²) in [6.45, 7) is 0. The fraction of sp³-hybridized carbons (Fsp3) is 0.182. The first kappa shape index (κ1) is 24.0. The summed E-state index contributed by atoms with van der Waals surface area (Å²) >= 11 is 0. The van der Waals surface area contributed by atoms with Crippen LogP contribution in [0.4, 0.5) is 5.82 Å². The van der Waals surface area contributed by atoms with Crippen LogP contribution in [0.15, 0.2) is 46.1 Å². The van der Waals surface area contributed by atoms with Crippen molar-refractivity contribution in [2.45, 2.75) is 0 Å². The van der Waals surface area contributed by atoms with Crippen LogP contribution in [0.5, 0.6) is 23.0 Å². The van der Waals surface area contributed by atoms with Crippen LogP contribution < -0.4 is 30.1 Å². The second-order valence-electron chi connectivity index (χ2n) is 7.06. The topological polar surface area (TPSA) is 174 Å². The molecule has 0 bridgehead atoms. The van der Waals surface area contributed by atoms with E-state index in [1.165, 1.54) is 39.3 Å². The minimum Gasteiger partial charge on any atom is -0.497 e. The van der Waals surface area contributed by atoms with E-state index >= 15 is 0 Å². The Kier molecular flexibility index (Phi) is 6.95. The Hall–Kier alpha value is -5.14. The SMILES string of the molecule is COc1cccc(-c2c(C(=O)N/N=C\c3cc(OC)c(OC)c(OC)c3)nnn2-c2nonc2N)c1. The van der Waals surface area contributed by atoms with Crippen LogP contribution in [0.25, 0.3) is 17.1 Å². The predicted molar refractivity (Wildman–Crippen MR) is 127 cm³/mol. The number of rotatable bonds is 9. The maximum Gasteiger partial charge on any atom is 0.294 e. The van der Waals surface area contributed by atoms with Gasteiger partial charge in [0, 0.05) is 11.1 Å². The van der Waals surface area contributed by atoms with E-state index in [0.717, 1.165) is 0 Å². The van der Waals surface area contributed by atoms with Crippen molar-refractivity contribution in [3.05, 3.63) is 47.7 Å². The maximum atomic E-state index is 13.1. The lowest BCUT2D eigenvalue weighted by Gasteiger charge is -2.12. The highest BCUT2D eigenvalue weighted by Gasteiger charge is 2.25. The van der Waals surface area contributed by atoms with Crippen molar-refractivity contribution in [2.75, 3.05) is 34.2 Å². The number of methoxy groups -OCH3 is 4. The third kappa shape index (κ3) is 4.59. The molecule has 0 radical (unpaired) electrons. The van der Waals surface area contributed by atoms with Crippen LogP contribution in [0.2, 0.25) is 0 Å². The van der Waals surface area contributed by atoms with Gasteiger partial charge in [-0.3, -0.25) is 4.79 Å². The molecule has 0 spiro atoms. The number of hydrogen-bond acceptors (Lipinski definition) is 12. The number of nitrogens with zero attached hydrogens (tertiary/aromatic N) is 6. The van der Waals surface area contributed by atoms with Gasteiger partial charge in [-0.15, -0.1) is 5.10 Å². The summed E-state index contributed by atoms with van der Waals surface area (Å²) in [6.07, 6.45) is 1.41. The summed E-state index contributed by atoms with van der Waals surface area (Å²) in [4.78, 5) is 13.1. The Morgan fingerprint density at radius 1 is 1.06 bits per heavy atom. The van der Waals surface area contributed by atoms with E-state index in [2.05, 4.69) is 35.8 Å². The third-order valence-electron chi connectivity index (χ3n) is 4.99. The van der Waals surface area contributed by atoms with Gasteiger partial charge in [-0.25, -0.2) is 10.1 Å². The molecule has 2 aromatic heterocycles. The van der Waals surface area contributed by atoms with Gasteiger partial charge in [0.1, 0.15) is 11.4 Å². The van der Waals surface area contributed by atoms with Crippen LogP contribution in [0.1, 0.15) is 16.1 Å². The van der Waals surface area contributed by atoms with Gasteiger partial charge in [-0.2, -0.15) is 9.78 Å². The number of aromatic nitrogens is 5. The van der Waals surface area contributed by atoms with Gasteiger partial charge >= 0.3 is 0 Å². The van der Waals surface area contributed by atoms with Crippen molar-refractivity contribution in [2.24, 2.45) is 5.10 Å². The number of nitrogens with two attached hydrogens (primary N) is 1. The molecule has 14 nitrogen and oxygen atoms in total. The predicted octanol–water partition coefficient (Wildman–Crippen LogP) is 1.70. The van der Waals surface area contributed by atoms with Crippen molar-refractivity contribution < 1.29 is 28.4 Å². The lowest BCUT2D eigenvalue weighted by Crippen LogP contribution is -2.19. The van der Waals surface area contributed by atoms with E-state index in [4.69, 9.17) is 24.7 Å². The Bertz CT molecular complexity index is 1390. The van der Waals surface area contributed by atoms with Gasteiger partial charge < -0.3 is 24.7 Å². The molecule has 36 heavy (non-hydrogen) atoms. The normalized spacial score (nSPS) is 10.9. The van der Waals surface area contributed by atoms with Crippen molar-refractivity contribution >= 4 is 17.9 Å². The summed E-state index contributed by atoms with van der Waals surface area (Å²) in [7, 11) is 6.03. The van der Waals surface area contributed by atoms with Gasteiger partial charge in [-0.1, -0.05) is 17.3 Å². The molecule has 0 fully saturated rings. The summed E-state index contributed by atoms with van der Waals surface area (Å²) in [5.41, 5.74) is 9.65. The first-order valence-electron chi connectivity index (χ1n) is 10.3. The Balaban J connectivity index is 1.67. The van der Waals surface area contributed by atoms with Crippen molar-refractivity contribution in [3.8, 4) is 40.1 Å². The molecule has 0 aliphatic heterocycles. The zero-order chi connectivity index (χ0) is 25.7. The lowest BCUT2D eigenvalue weighted by molar-refractivity contribution is 0.0950. The van der Waals surface area contributed by atoms with Crippen LogP contribution >= 0.6 is 0 Å². The van der Waals surface area contributed by atoms with E-state index in [9.17, 15) is 4.79 Å². The summed E-state index contributed by atoms with van der Waals surface area (Å²) in [6, 6.07) is 10.3. The van der Waals surface area contributed by atoms with E-state index in [-0.39, 0.29) is 23.0 Å². The average molecular weight is 494 g/mol. The second kappa shape index (κ2) is 10.4. The van der Waals surface area contributed by atoms with Crippen molar-refractivity contribution in [1.82, 2.24) is 30.7 Å². The first-order valence-corrected chi connectivity index (χ1v) is 10.3. The smallest absolute Gasteiger partial charge is 0.294 e. The number of amides is 1. The van der Waals surface area contributed by atoms with Gasteiger partial charge in [0.15, 0.2) is 17.2 Å². The number of benzene rings is 2. The molecule has 0 aliphatic rings. The van der Waals surface area contributed by atoms with Crippen LogP contribution in [0.3, 0.4) is 0 Å². The molecule has 14 heteroatoms. The third-order valence-corrected chi connectivity index (χ3v) is 4.99. The molecule has 186 valence electrons. The number of ether oxygens (including phenoxy) is 4. The standard InChI is InChI=1S/C22H22N8O6/c1-32-14-7-5-6-13(10-14)18-17(25-29-30(18)21-20(23)27-36-28-21)22(31)26-24-11-12-8-15(33-2)19(35-4)16(9-12)34-3/h5-11H,1-4H3,(H2,23,27)(H,26,31)/b24-11-. The Labute approximate surface area is 204 Å². The highest BCUT2D eigenvalue weighted by molar-refractivity contribution is 5.99. The van der Waals surface area contributed by atoms with E-state index in [0.29, 0.717) is 34.1 Å². The molecule has 4 aromatic rings.